The summed E-state index contributed by atoms with van der Waals surface area (Å²) in [5.74, 6) is 0.850. The number of hydrogen-bond acceptors (Lipinski definition) is 3. The van der Waals surface area contributed by atoms with Crippen molar-refractivity contribution in [3.8, 4) is 5.75 Å². The van der Waals surface area contributed by atoms with Crippen molar-refractivity contribution in [2.24, 2.45) is 0 Å². The van der Waals surface area contributed by atoms with E-state index in [1.807, 2.05) is 18.2 Å². The molecule has 1 fully saturated rings. The lowest BCUT2D eigenvalue weighted by Crippen LogP contribution is -3.16. The third-order valence-electron chi connectivity index (χ3n) is 5.13. The van der Waals surface area contributed by atoms with Crippen LogP contribution in [0, 0.1) is 6.92 Å². The van der Waals surface area contributed by atoms with E-state index in [1.54, 1.807) is 0 Å². The molecule has 0 saturated carbocycles. The maximum absolute atomic E-state index is 10.4. The molecule has 0 bridgehead atoms. The number of para-hydroxylation sites is 1. The molecule has 1 aliphatic heterocycles. The fourth-order valence-electron chi connectivity index (χ4n) is 3.67. The molecule has 1 heterocycles. The number of aliphatic hydroxyl groups is 1. The van der Waals surface area contributed by atoms with Gasteiger partial charge in [0.15, 0.2) is 0 Å². The number of rotatable bonds is 8. The Morgan fingerprint density at radius 3 is 2.63 bits per heavy atom. The van der Waals surface area contributed by atoms with Crippen LogP contribution in [0.3, 0.4) is 0 Å². The van der Waals surface area contributed by atoms with Crippen LogP contribution in [0.4, 0.5) is 5.69 Å². The molecule has 4 nitrogen and oxygen atoms in total. The first-order valence-corrected chi connectivity index (χ1v) is 9.80. The Labute approximate surface area is 162 Å². The number of benzene rings is 2. The Morgan fingerprint density at radius 2 is 1.93 bits per heavy atom. The summed E-state index contributed by atoms with van der Waals surface area (Å²) in [4.78, 5) is 3.86. The number of allylic oxidation sites excluding steroid dienone is 1. The van der Waals surface area contributed by atoms with Crippen LogP contribution in [0.15, 0.2) is 61.2 Å². The van der Waals surface area contributed by atoms with Crippen molar-refractivity contribution in [1.82, 2.24) is 0 Å². The topological polar surface area (TPSA) is 37.1 Å². The van der Waals surface area contributed by atoms with Gasteiger partial charge in [0, 0.05) is 5.69 Å². The summed E-state index contributed by atoms with van der Waals surface area (Å²) in [6.07, 6.45) is 2.20. The second kappa shape index (κ2) is 9.58. The maximum atomic E-state index is 10.4. The molecule has 2 aromatic rings. The Kier molecular flexibility index (Phi) is 6.91. The summed E-state index contributed by atoms with van der Waals surface area (Å²) >= 11 is 0. The van der Waals surface area contributed by atoms with Crippen molar-refractivity contribution in [3.63, 3.8) is 0 Å². The van der Waals surface area contributed by atoms with Crippen LogP contribution < -0.4 is 14.5 Å². The standard InChI is InChI=1S/C23H30N2O2/c1-3-7-20-16-19(2)10-11-23(20)27-18-22(26)17-24-12-14-25(15-13-24)21-8-5-4-6-9-21/h3-6,8-11,16,22,26H,1,7,12-15,17-18H2,2H3/p+1/t22-/m1/s1. The Hall–Kier alpha value is -2.30. The highest BCUT2D eigenvalue weighted by atomic mass is 16.5. The molecule has 1 saturated heterocycles. The number of nitrogens with one attached hydrogen (secondary N) is 1. The van der Waals surface area contributed by atoms with Gasteiger partial charge in [0.1, 0.15) is 25.0 Å². The first kappa shape index (κ1) is 19.5. The van der Waals surface area contributed by atoms with E-state index in [-0.39, 0.29) is 0 Å². The summed E-state index contributed by atoms with van der Waals surface area (Å²) in [5.41, 5.74) is 3.62. The summed E-state index contributed by atoms with van der Waals surface area (Å²) in [5, 5.41) is 10.4. The second-order valence-electron chi connectivity index (χ2n) is 7.35. The van der Waals surface area contributed by atoms with E-state index in [0.717, 1.165) is 50.5 Å². The minimum Gasteiger partial charge on any atom is -0.490 e. The number of anilines is 1. The number of nitrogens with zero attached hydrogens (tertiary/aromatic N) is 1. The average Bonchev–Trinajstić information content (AvgIpc) is 2.69. The molecule has 4 heteroatoms. The van der Waals surface area contributed by atoms with E-state index in [4.69, 9.17) is 4.74 Å². The van der Waals surface area contributed by atoms with Gasteiger partial charge in [-0.3, -0.25) is 0 Å². The van der Waals surface area contributed by atoms with E-state index in [1.165, 1.54) is 16.2 Å². The van der Waals surface area contributed by atoms with E-state index in [9.17, 15) is 5.11 Å². The summed E-state index contributed by atoms with van der Waals surface area (Å²) in [6.45, 7) is 11.1. The van der Waals surface area contributed by atoms with E-state index < -0.39 is 6.10 Å². The Morgan fingerprint density at radius 1 is 1.19 bits per heavy atom. The van der Waals surface area contributed by atoms with Gasteiger partial charge >= 0.3 is 0 Å². The van der Waals surface area contributed by atoms with Gasteiger partial charge < -0.3 is 19.6 Å². The predicted octanol–water partition coefficient (Wildman–Crippen LogP) is 1.87. The number of aliphatic hydroxyl groups excluding tert-OH is 1. The smallest absolute Gasteiger partial charge is 0.137 e. The first-order chi connectivity index (χ1) is 13.2. The molecule has 0 unspecified atom stereocenters. The number of ether oxygens (including phenoxy) is 1. The predicted molar refractivity (Wildman–Crippen MR) is 111 cm³/mol. The monoisotopic (exact) mass is 367 g/mol. The second-order valence-corrected chi connectivity index (χ2v) is 7.35. The third-order valence-corrected chi connectivity index (χ3v) is 5.13. The van der Waals surface area contributed by atoms with Gasteiger partial charge in [0.25, 0.3) is 0 Å². The Bertz CT molecular complexity index is 724. The molecule has 144 valence electrons. The van der Waals surface area contributed by atoms with Crippen molar-refractivity contribution in [1.29, 1.82) is 0 Å². The zero-order valence-electron chi connectivity index (χ0n) is 16.2. The maximum Gasteiger partial charge on any atom is 0.137 e. The zero-order chi connectivity index (χ0) is 19.1. The molecular formula is C23H31N2O2+. The van der Waals surface area contributed by atoms with Crippen molar-refractivity contribution in [2.75, 3.05) is 44.2 Å². The van der Waals surface area contributed by atoms with Crippen LogP contribution >= 0.6 is 0 Å². The van der Waals surface area contributed by atoms with Gasteiger partial charge in [-0.05, 0) is 37.1 Å². The van der Waals surface area contributed by atoms with Crippen LogP contribution in [0.2, 0.25) is 0 Å². The lowest BCUT2D eigenvalue weighted by Gasteiger charge is -2.34. The molecule has 0 amide bonds. The zero-order valence-corrected chi connectivity index (χ0v) is 16.2. The fraction of sp³-hybridized carbons (Fsp3) is 0.391. The summed E-state index contributed by atoms with van der Waals surface area (Å²) < 4.78 is 5.92. The quantitative estimate of drug-likeness (QED) is 0.700. The van der Waals surface area contributed by atoms with Crippen LogP contribution in [0.5, 0.6) is 5.75 Å². The molecule has 1 atom stereocenters. The lowest BCUT2D eigenvalue weighted by molar-refractivity contribution is -0.903. The molecule has 0 aliphatic carbocycles. The van der Waals surface area contributed by atoms with E-state index in [0.29, 0.717) is 6.61 Å². The highest BCUT2D eigenvalue weighted by molar-refractivity contribution is 5.46. The number of hydrogen-bond donors (Lipinski definition) is 2. The van der Waals surface area contributed by atoms with Crippen molar-refractivity contribution < 1.29 is 14.7 Å². The van der Waals surface area contributed by atoms with Crippen LogP contribution in [-0.4, -0.2) is 50.5 Å². The highest BCUT2D eigenvalue weighted by Crippen LogP contribution is 2.21. The molecule has 0 spiro atoms. The largest absolute Gasteiger partial charge is 0.490 e. The van der Waals surface area contributed by atoms with Crippen molar-refractivity contribution >= 4 is 5.69 Å². The van der Waals surface area contributed by atoms with E-state index in [2.05, 4.69) is 54.8 Å². The van der Waals surface area contributed by atoms with Crippen LogP contribution in [0.25, 0.3) is 0 Å². The SMILES string of the molecule is C=CCc1cc(C)ccc1OC[C@H](O)C[NH+]1CCN(c2ccccc2)CC1. The van der Waals surface area contributed by atoms with Crippen LogP contribution in [0.1, 0.15) is 11.1 Å². The number of piperazine rings is 1. The number of quaternary nitrogens is 1. The minimum absolute atomic E-state index is 0.332. The van der Waals surface area contributed by atoms with Gasteiger partial charge in [-0.2, -0.15) is 0 Å². The molecule has 0 radical (unpaired) electrons. The highest BCUT2D eigenvalue weighted by Gasteiger charge is 2.23. The molecule has 1 aliphatic rings. The normalized spacial score (nSPS) is 16.1. The molecule has 0 aromatic heterocycles. The van der Waals surface area contributed by atoms with Crippen molar-refractivity contribution in [3.05, 3.63) is 72.3 Å². The number of aryl methyl sites for hydroxylation is 1. The minimum atomic E-state index is -0.457. The molecule has 3 rings (SSSR count). The van der Waals surface area contributed by atoms with Gasteiger partial charge in [0.05, 0.1) is 26.2 Å². The van der Waals surface area contributed by atoms with Gasteiger partial charge in [-0.25, -0.2) is 0 Å². The first-order valence-electron chi connectivity index (χ1n) is 9.80. The third kappa shape index (κ3) is 5.59. The fourth-order valence-corrected chi connectivity index (χ4v) is 3.67. The molecule has 2 N–H and O–H groups in total. The van der Waals surface area contributed by atoms with Gasteiger partial charge in [-0.1, -0.05) is 42.0 Å². The molecular weight excluding hydrogens is 336 g/mol. The Balaban J connectivity index is 1.45. The summed E-state index contributed by atoms with van der Waals surface area (Å²) in [7, 11) is 0. The average molecular weight is 368 g/mol. The molecule has 27 heavy (non-hydrogen) atoms. The van der Waals surface area contributed by atoms with Gasteiger partial charge in [-0.15, -0.1) is 6.58 Å². The van der Waals surface area contributed by atoms with Crippen LogP contribution in [-0.2, 0) is 6.42 Å². The van der Waals surface area contributed by atoms with Gasteiger partial charge in [0.2, 0.25) is 0 Å². The van der Waals surface area contributed by atoms with Crippen molar-refractivity contribution in [2.45, 2.75) is 19.4 Å². The van der Waals surface area contributed by atoms with E-state index >= 15 is 0 Å². The molecule has 2 aromatic carbocycles. The summed E-state index contributed by atoms with van der Waals surface area (Å²) in [6, 6.07) is 16.7. The lowest BCUT2D eigenvalue weighted by atomic mass is 10.1.